The third-order valence-corrected chi connectivity index (χ3v) is 5.07. The molecule has 2 nitrogen and oxygen atoms in total. The highest BCUT2D eigenvalue weighted by molar-refractivity contribution is 7.20. The summed E-state index contributed by atoms with van der Waals surface area (Å²) < 4.78 is 71.7. The minimum Gasteiger partial charge on any atom is -0.487 e. The highest BCUT2D eigenvalue weighted by Crippen LogP contribution is 2.29. The van der Waals surface area contributed by atoms with Gasteiger partial charge in [0.2, 0.25) is 29.1 Å². The number of ether oxygens (including phenoxy) is 1. The van der Waals surface area contributed by atoms with Gasteiger partial charge in [-0.1, -0.05) is 18.2 Å². The number of ketones is 1. The molecule has 0 fully saturated rings. The number of fused-ring (bicyclic) bond motifs is 1. The number of hydrogen-bond donors (Lipinski definition) is 0. The summed E-state index contributed by atoms with van der Waals surface area (Å²) >= 11 is 1.38. The molecular formula is C19H13F5O2S. The molecule has 0 aliphatic carbocycles. The fraction of sp³-hybridized carbons (Fsp3) is 0.211. The first-order valence-corrected chi connectivity index (χ1v) is 8.87. The lowest BCUT2D eigenvalue weighted by molar-refractivity contribution is 0.0981. The van der Waals surface area contributed by atoms with E-state index in [9.17, 15) is 26.7 Å². The van der Waals surface area contributed by atoms with Crippen molar-refractivity contribution in [3.05, 3.63) is 64.3 Å². The predicted molar refractivity (Wildman–Crippen MR) is 91.7 cm³/mol. The second kappa shape index (κ2) is 8.04. The van der Waals surface area contributed by atoms with Gasteiger partial charge in [-0.25, -0.2) is 13.2 Å². The zero-order valence-corrected chi connectivity index (χ0v) is 14.6. The molecule has 0 bridgehead atoms. The first kappa shape index (κ1) is 19.3. The fourth-order valence-electron chi connectivity index (χ4n) is 2.52. The van der Waals surface area contributed by atoms with Crippen molar-refractivity contribution in [2.45, 2.75) is 19.3 Å². The summed E-state index contributed by atoms with van der Waals surface area (Å²) in [7, 11) is 0. The van der Waals surface area contributed by atoms with E-state index in [4.69, 9.17) is 4.74 Å². The van der Waals surface area contributed by atoms with Crippen LogP contribution in [0.3, 0.4) is 0 Å². The molecule has 142 valence electrons. The van der Waals surface area contributed by atoms with Crippen LogP contribution in [-0.2, 0) is 0 Å². The number of carbonyl (C=O) groups excluding carboxylic acids is 1. The van der Waals surface area contributed by atoms with E-state index in [2.05, 4.69) is 0 Å². The number of hydrogen-bond acceptors (Lipinski definition) is 3. The number of unbranched alkanes of at least 4 members (excludes halogenated alkanes) is 1. The number of Topliss-reactive ketones (excluding diaryl/α,β-unsaturated/α-hetero) is 1. The molecule has 0 amide bonds. The molecule has 3 rings (SSSR count). The van der Waals surface area contributed by atoms with Crippen LogP contribution in [0.2, 0.25) is 0 Å². The Kier molecular flexibility index (Phi) is 5.74. The standard InChI is InChI=1S/C19H13F5O2S/c20-14-15(21)17(23)19(18(24)16(14)22)26-8-4-3-6-11(25)13-9-10-5-1-2-7-12(10)27-13/h1-2,5,7,9H,3-4,6,8H2. The van der Waals surface area contributed by atoms with Crippen molar-refractivity contribution in [3.8, 4) is 5.75 Å². The molecule has 1 aromatic heterocycles. The second-order valence-corrected chi connectivity index (χ2v) is 6.86. The highest BCUT2D eigenvalue weighted by Gasteiger charge is 2.26. The van der Waals surface area contributed by atoms with Gasteiger partial charge in [-0.2, -0.15) is 8.78 Å². The van der Waals surface area contributed by atoms with Gasteiger partial charge < -0.3 is 4.74 Å². The van der Waals surface area contributed by atoms with Crippen LogP contribution in [-0.4, -0.2) is 12.4 Å². The molecule has 0 atom stereocenters. The molecule has 0 saturated heterocycles. The normalized spacial score (nSPS) is 11.1. The lowest BCUT2D eigenvalue weighted by Gasteiger charge is -2.10. The van der Waals surface area contributed by atoms with Crippen LogP contribution in [0.15, 0.2) is 30.3 Å². The SMILES string of the molecule is O=C(CCCCOc1c(F)c(F)c(F)c(F)c1F)c1cc2ccccc2s1. The highest BCUT2D eigenvalue weighted by atomic mass is 32.1. The summed E-state index contributed by atoms with van der Waals surface area (Å²) in [5, 5.41) is 0.973. The van der Waals surface area contributed by atoms with E-state index >= 15 is 0 Å². The Labute approximate surface area is 155 Å². The largest absolute Gasteiger partial charge is 0.487 e. The summed E-state index contributed by atoms with van der Waals surface area (Å²) in [5.74, 6) is -11.7. The Bertz CT molecular complexity index is 937. The maximum Gasteiger partial charge on any atom is 0.206 e. The van der Waals surface area contributed by atoms with E-state index < -0.39 is 34.8 Å². The minimum atomic E-state index is -2.23. The van der Waals surface area contributed by atoms with Crippen LogP contribution in [0.5, 0.6) is 5.75 Å². The van der Waals surface area contributed by atoms with Gasteiger partial charge in [0.25, 0.3) is 0 Å². The zero-order valence-electron chi connectivity index (χ0n) is 13.8. The molecule has 0 saturated carbocycles. The number of thiophene rings is 1. The number of benzene rings is 2. The molecule has 0 aliphatic heterocycles. The van der Waals surface area contributed by atoms with Crippen molar-refractivity contribution >= 4 is 27.2 Å². The van der Waals surface area contributed by atoms with Gasteiger partial charge in [0.15, 0.2) is 11.5 Å². The smallest absolute Gasteiger partial charge is 0.206 e. The molecule has 8 heteroatoms. The van der Waals surface area contributed by atoms with Gasteiger partial charge in [-0.15, -0.1) is 11.3 Å². The monoisotopic (exact) mass is 400 g/mol. The second-order valence-electron chi connectivity index (χ2n) is 5.78. The molecule has 0 unspecified atom stereocenters. The van der Waals surface area contributed by atoms with Gasteiger partial charge in [0, 0.05) is 11.1 Å². The Morgan fingerprint density at radius 1 is 0.889 bits per heavy atom. The van der Waals surface area contributed by atoms with Crippen molar-refractivity contribution in [2.75, 3.05) is 6.61 Å². The quantitative estimate of drug-likeness (QED) is 0.159. The van der Waals surface area contributed by atoms with E-state index in [1.165, 1.54) is 11.3 Å². The van der Waals surface area contributed by atoms with Crippen molar-refractivity contribution < 1.29 is 31.5 Å². The van der Waals surface area contributed by atoms with Crippen molar-refractivity contribution in [1.82, 2.24) is 0 Å². The Morgan fingerprint density at radius 2 is 1.52 bits per heavy atom. The summed E-state index contributed by atoms with van der Waals surface area (Å²) in [6.45, 7) is -0.280. The third-order valence-electron chi connectivity index (χ3n) is 3.91. The molecule has 1 heterocycles. The Morgan fingerprint density at radius 3 is 2.19 bits per heavy atom. The van der Waals surface area contributed by atoms with Gasteiger partial charge >= 0.3 is 0 Å². The average Bonchev–Trinajstić information content (AvgIpc) is 3.11. The van der Waals surface area contributed by atoms with Crippen molar-refractivity contribution in [1.29, 1.82) is 0 Å². The maximum absolute atomic E-state index is 13.5. The molecule has 0 aliphatic rings. The number of halogens is 5. The van der Waals surface area contributed by atoms with Crippen LogP contribution >= 0.6 is 11.3 Å². The Hall–Kier alpha value is -2.48. The van der Waals surface area contributed by atoms with Crippen LogP contribution in [0.4, 0.5) is 22.0 Å². The van der Waals surface area contributed by atoms with E-state index in [0.717, 1.165) is 10.1 Å². The van der Waals surface area contributed by atoms with Gasteiger partial charge in [0.05, 0.1) is 11.5 Å². The molecule has 3 aromatic rings. The fourth-order valence-corrected chi connectivity index (χ4v) is 3.55. The predicted octanol–water partition coefficient (Wildman–Crippen LogP) is 6.03. The van der Waals surface area contributed by atoms with E-state index in [0.29, 0.717) is 11.3 Å². The number of rotatable bonds is 7. The first-order valence-electron chi connectivity index (χ1n) is 8.06. The third kappa shape index (κ3) is 3.95. The average molecular weight is 400 g/mol. The number of carbonyl (C=O) groups is 1. The van der Waals surface area contributed by atoms with Crippen LogP contribution in [0.1, 0.15) is 28.9 Å². The van der Waals surface area contributed by atoms with E-state index in [1.54, 1.807) is 6.07 Å². The molecular weight excluding hydrogens is 387 g/mol. The van der Waals surface area contributed by atoms with E-state index in [-0.39, 0.29) is 25.2 Å². The lowest BCUT2D eigenvalue weighted by Crippen LogP contribution is -2.08. The zero-order chi connectivity index (χ0) is 19.6. The van der Waals surface area contributed by atoms with Crippen LogP contribution < -0.4 is 4.74 Å². The Balaban J connectivity index is 1.53. The summed E-state index contributed by atoms with van der Waals surface area (Å²) in [6.07, 6.45) is 0.756. The molecule has 0 N–H and O–H groups in total. The summed E-state index contributed by atoms with van der Waals surface area (Å²) in [4.78, 5) is 12.8. The van der Waals surface area contributed by atoms with E-state index in [1.807, 2.05) is 24.3 Å². The van der Waals surface area contributed by atoms with Crippen LogP contribution in [0.25, 0.3) is 10.1 Å². The van der Waals surface area contributed by atoms with Gasteiger partial charge in [-0.05, 0) is 30.4 Å². The molecule has 27 heavy (non-hydrogen) atoms. The topological polar surface area (TPSA) is 26.3 Å². The van der Waals surface area contributed by atoms with Crippen molar-refractivity contribution in [2.24, 2.45) is 0 Å². The van der Waals surface area contributed by atoms with Crippen molar-refractivity contribution in [3.63, 3.8) is 0 Å². The minimum absolute atomic E-state index is 0.0765. The lowest BCUT2D eigenvalue weighted by atomic mass is 10.1. The molecule has 0 spiro atoms. The van der Waals surface area contributed by atoms with Crippen LogP contribution in [0, 0.1) is 29.1 Å². The van der Waals surface area contributed by atoms with Gasteiger partial charge in [0.1, 0.15) is 0 Å². The maximum atomic E-state index is 13.5. The van der Waals surface area contributed by atoms with Gasteiger partial charge in [-0.3, -0.25) is 4.79 Å². The molecule has 0 radical (unpaired) electrons. The first-order chi connectivity index (χ1) is 12.9. The summed E-state index contributed by atoms with van der Waals surface area (Å²) in [6, 6.07) is 9.37. The summed E-state index contributed by atoms with van der Waals surface area (Å²) in [5.41, 5.74) is 0. The molecule has 2 aromatic carbocycles.